The van der Waals surface area contributed by atoms with Crippen molar-refractivity contribution in [2.75, 3.05) is 13.1 Å². The summed E-state index contributed by atoms with van der Waals surface area (Å²) in [4.78, 5) is 0.450. The third-order valence-electron chi connectivity index (χ3n) is 5.46. The van der Waals surface area contributed by atoms with Crippen LogP contribution in [0.1, 0.15) is 36.7 Å². The summed E-state index contributed by atoms with van der Waals surface area (Å²) in [5, 5.41) is 8.14. The summed E-state index contributed by atoms with van der Waals surface area (Å²) in [6.45, 7) is 4.05. The molecule has 0 amide bonds. The van der Waals surface area contributed by atoms with Gasteiger partial charge in [-0.25, -0.2) is 8.42 Å². The second kappa shape index (κ2) is 6.53. The average molecular weight is 360 g/mol. The molecule has 4 rings (SSSR count). The molecule has 1 atom stereocenters. The van der Waals surface area contributed by atoms with E-state index in [4.69, 9.17) is 0 Å². The lowest BCUT2D eigenvalue weighted by atomic mass is 10.0. The number of sulfonamides is 1. The van der Waals surface area contributed by atoms with Crippen molar-refractivity contribution in [2.24, 2.45) is 5.92 Å². The first-order valence-corrected chi connectivity index (χ1v) is 10.5. The maximum Gasteiger partial charge on any atom is 0.243 e. The summed E-state index contributed by atoms with van der Waals surface area (Å²) < 4.78 is 29.7. The first-order chi connectivity index (χ1) is 12.1. The van der Waals surface area contributed by atoms with Crippen LogP contribution in [-0.2, 0) is 35.8 Å². The minimum Gasteiger partial charge on any atom is -0.318 e. The Labute approximate surface area is 148 Å². The number of rotatable bonds is 5. The van der Waals surface area contributed by atoms with Gasteiger partial charge in [0.25, 0.3) is 0 Å². The number of hydrogen-bond donors (Lipinski definition) is 0. The van der Waals surface area contributed by atoms with Crippen LogP contribution in [0, 0.1) is 5.92 Å². The van der Waals surface area contributed by atoms with Crippen LogP contribution in [0.3, 0.4) is 0 Å². The predicted molar refractivity (Wildman–Crippen MR) is 94.7 cm³/mol. The number of nitrogens with zero attached hydrogens (tertiary/aromatic N) is 4. The van der Waals surface area contributed by atoms with Crippen LogP contribution >= 0.6 is 0 Å². The number of fused-ring (bicyclic) bond motifs is 1. The minimum absolute atomic E-state index is 0.304. The normalized spacial score (nSPS) is 20.9. The molecule has 0 bridgehead atoms. The third kappa shape index (κ3) is 3.11. The van der Waals surface area contributed by atoms with E-state index in [2.05, 4.69) is 17.1 Å². The molecule has 134 valence electrons. The first-order valence-electron chi connectivity index (χ1n) is 9.06. The molecule has 25 heavy (non-hydrogen) atoms. The molecular weight excluding hydrogens is 336 g/mol. The van der Waals surface area contributed by atoms with Crippen LogP contribution < -0.4 is 0 Å². The van der Waals surface area contributed by atoms with Gasteiger partial charge in [0.1, 0.15) is 12.2 Å². The molecule has 1 fully saturated rings. The molecule has 0 saturated carbocycles. The molecular formula is C18H24N4O2S. The highest BCUT2D eigenvalue weighted by Crippen LogP contribution is 2.29. The van der Waals surface area contributed by atoms with Crippen molar-refractivity contribution < 1.29 is 8.42 Å². The van der Waals surface area contributed by atoms with Crippen molar-refractivity contribution in [3.63, 3.8) is 0 Å². The molecule has 0 spiro atoms. The fourth-order valence-corrected chi connectivity index (χ4v) is 5.58. The Hall–Kier alpha value is -1.73. The van der Waals surface area contributed by atoms with Crippen molar-refractivity contribution in [3.8, 4) is 0 Å². The van der Waals surface area contributed by atoms with Gasteiger partial charge in [0.15, 0.2) is 0 Å². The van der Waals surface area contributed by atoms with Crippen LogP contribution in [0.25, 0.3) is 0 Å². The molecule has 1 aromatic heterocycles. The lowest BCUT2D eigenvalue weighted by Crippen LogP contribution is -2.29. The summed E-state index contributed by atoms with van der Waals surface area (Å²) in [6, 6.07) is 5.66. The van der Waals surface area contributed by atoms with E-state index in [0.29, 0.717) is 23.9 Å². The van der Waals surface area contributed by atoms with Gasteiger partial charge in [0, 0.05) is 26.1 Å². The Morgan fingerprint density at radius 3 is 2.92 bits per heavy atom. The maximum absolute atomic E-state index is 13.0. The molecule has 7 heteroatoms. The second-order valence-corrected chi connectivity index (χ2v) is 8.98. The first kappa shape index (κ1) is 16.7. The van der Waals surface area contributed by atoms with Crippen LogP contribution in [0.15, 0.2) is 29.4 Å². The van der Waals surface area contributed by atoms with Crippen molar-refractivity contribution in [2.45, 2.75) is 50.5 Å². The van der Waals surface area contributed by atoms with Gasteiger partial charge in [-0.05, 0) is 61.8 Å². The zero-order valence-corrected chi connectivity index (χ0v) is 15.4. The summed E-state index contributed by atoms with van der Waals surface area (Å²) in [7, 11) is -3.40. The fraction of sp³-hybridized carbons (Fsp3) is 0.556. The van der Waals surface area contributed by atoms with Gasteiger partial charge in [-0.2, -0.15) is 4.31 Å². The Morgan fingerprint density at radius 2 is 2.08 bits per heavy atom. The molecule has 0 radical (unpaired) electrons. The second-order valence-electron chi connectivity index (χ2n) is 7.04. The van der Waals surface area contributed by atoms with Gasteiger partial charge in [0.05, 0.1) is 4.90 Å². The van der Waals surface area contributed by atoms with Crippen molar-refractivity contribution >= 4 is 10.0 Å². The Kier molecular flexibility index (Phi) is 4.37. The Bertz CT molecular complexity index is 875. The number of aryl methyl sites for hydroxylation is 3. The minimum atomic E-state index is -3.40. The Morgan fingerprint density at radius 1 is 1.24 bits per heavy atom. The van der Waals surface area contributed by atoms with Gasteiger partial charge in [-0.3, -0.25) is 0 Å². The van der Waals surface area contributed by atoms with E-state index >= 15 is 0 Å². The highest BCUT2D eigenvalue weighted by molar-refractivity contribution is 7.89. The number of aromatic nitrogens is 3. The highest BCUT2D eigenvalue weighted by atomic mass is 32.2. The molecule has 1 aromatic carbocycles. The maximum atomic E-state index is 13.0. The number of hydrogen-bond acceptors (Lipinski definition) is 4. The van der Waals surface area contributed by atoms with E-state index in [0.717, 1.165) is 44.5 Å². The Balaban J connectivity index is 1.49. The van der Waals surface area contributed by atoms with E-state index in [1.54, 1.807) is 16.7 Å². The topological polar surface area (TPSA) is 68.1 Å². The number of benzene rings is 1. The smallest absolute Gasteiger partial charge is 0.243 e. The standard InChI is InChI=1S/C18H24N4O2S/c1-2-21-13-19-20-18(21)10-14-8-9-22(12-14)25(23,24)17-7-6-15-4-3-5-16(15)11-17/h6-7,11,13-14H,2-5,8-10,12H2,1H3/t14-/m1/s1. The monoisotopic (exact) mass is 360 g/mol. The molecule has 1 saturated heterocycles. The van der Waals surface area contributed by atoms with Crippen molar-refractivity contribution in [1.82, 2.24) is 19.1 Å². The van der Waals surface area contributed by atoms with Crippen molar-refractivity contribution in [1.29, 1.82) is 0 Å². The molecule has 0 unspecified atom stereocenters. The molecule has 6 nitrogen and oxygen atoms in total. The van der Waals surface area contributed by atoms with Gasteiger partial charge in [-0.15, -0.1) is 10.2 Å². The lowest BCUT2D eigenvalue weighted by molar-refractivity contribution is 0.450. The molecule has 2 heterocycles. The van der Waals surface area contributed by atoms with E-state index < -0.39 is 10.0 Å². The molecule has 0 N–H and O–H groups in total. The fourth-order valence-electron chi connectivity index (χ4n) is 4.00. The quantitative estimate of drug-likeness (QED) is 0.818. The van der Waals surface area contributed by atoms with Crippen molar-refractivity contribution in [3.05, 3.63) is 41.5 Å². The van der Waals surface area contributed by atoms with E-state index in [-0.39, 0.29) is 0 Å². The third-order valence-corrected chi connectivity index (χ3v) is 7.33. The van der Waals surface area contributed by atoms with E-state index in [1.165, 1.54) is 11.1 Å². The largest absolute Gasteiger partial charge is 0.318 e. The molecule has 1 aliphatic heterocycles. The zero-order valence-electron chi connectivity index (χ0n) is 14.6. The summed E-state index contributed by atoms with van der Waals surface area (Å²) in [5.74, 6) is 1.25. The van der Waals surface area contributed by atoms with Gasteiger partial charge in [0.2, 0.25) is 10.0 Å². The highest BCUT2D eigenvalue weighted by Gasteiger charge is 2.33. The zero-order chi connectivity index (χ0) is 17.4. The lowest BCUT2D eigenvalue weighted by Gasteiger charge is -2.17. The summed E-state index contributed by atoms with van der Waals surface area (Å²) >= 11 is 0. The molecule has 2 aliphatic rings. The SMILES string of the molecule is CCn1cnnc1C[C@H]1CCN(S(=O)(=O)c2ccc3c(c2)CCC3)C1. The van der Waals surface area contributed by atoms with Crippen LogP contribution in [0.5, 0.6) is 0 Å². The predicted octanol–water partition coefficient (Wildman–Crippen LogP) is 2.04. The van der Waals surface area contributed by atoms with Crippen LogP contribution in [-0.4, -0.2) is 40.6 Å². The van der Waals surface area contributed by atoms with Crippen LogP contribution in [0.2, 0.25) is 0 Å². The van der Waals surface area contributed by atoms with Gasteiger partial charge < -0.3 is 4.57 Å². The molecule has 1 aliphatic carbocycles. The molecule has 2 aromatic rings. The van der Waals surface area contributed by atoms with E-state index in [1.807, 2.05) is 16.7 Å². The van der Waals surface area contributed by atoms with E-state index in [9.17, 15) is 8.42 Å². The summed E-state index contributed by atoms with van der Waals surface area (Å²) in [5.41, 5.74) is 2.50. The average Bonchev–Trinajstić information content (AvgIpc) is 3.35. The van der Waals surface area contributed by atoms with Gasteiger partial charge >= 0.3 is 0 Å². The van der Waals surface area contributed by atoms with Gasteiger partial charge in [-0.1, -0.05) is 6.07 Å². The summed E-state index contributed by atoms with van der Waals surface area (Å²) in [6.07, 6.45) is 6.59. The van der Waals surface area contributed by atoms with Crippen LogP contribution in [0.4, 0.5) is 0 Å².